The minimum absolute atomic E-state index is 0.299. The van der Waals surface area contributed by atoms with E-state index in [0.29, 0.717) is 6.61 Å². The first-order valence-electron chi connectivity index (χ1n) is 7.88. The van der Waals surface area contributed by atoms with E-state index in [0.717, 1.165) is 44.3 Å². The molecule has 0 amide bonds. The third kappa shape index (κ3) is 10.3. The van der Waals surface area contributed by atoms with Crippen molar-refractivity contribution in [3.05, 3.63) is 0 Å². The van der Waals surface area contributed by atoms with E-state index in [4.69, 9.17) is 0 Å². The number of unbranched alkanes of at least 4 members (excludes halogenated alkanes) is 4. The second kappa shape index (κ2) is 10.2. The molecule has 0 aromatic carbocycles. The summed E-state index contributed by atoms with van der Waals surface area (Å²) in [7, 11) is -3.27. The highest BCUT2D eigenvalue weighted by Gasteiger charge is 2.13. The second-order valence-electron chi connectivity index (χ2n) is 5.73. The van der Waals surface area contributed by atoms with Crippen LogP contribution >= 0.6 is 0 Å². The van der Waals surface area contributed by atoms with Gasteiger partial charge in [0.05, 0.1) is 12.9 Å². The van der Waals surface area contributed by atoms with Crippen molar-refractivity contribution in [3.63, 3.8) is 0 Å². The lowest BCUT2D eigenvalue weighted by atomic mass is 10.0. The highest BCUT2D eigenvalue weighted by molar-refractivity contribution is 7.85. The predicted octanol–water partition coefficient (Wildman–Crippen LogP) is 3.89. The van der Waals surface area contributed by atoms with Crippen LogP contribution in [-0.2, 0) is 14.3 Å². The molecule has 4 heteroatoms. The van der Waals surface area contributed by atoms with Crippen molar-refractivity contribution >= 4 is 10.1 Å². The van der Waals surface area contributed by atoms with Gasteiger partial charge in [-0.3, -0.25) is 4.18 Å². The fourth-order valence-corrected chi connectivity index (χ4v) is 3.08. The number of hydrogen-bond acceptors (Lipinski definition) is 3. The van der Waals surface area contributed by atoms with Crippen LogP contribution in [0.1, 0.15) is 70.6 Å². The van der Waals surface area contributed by atoms with Gasteiger partial charge in [-0.25, -0.2) is 0 Å². The van der Waals surface area contributed by atoms with Gasteiger partial charge in [-0.2, -0.15) is 8.42 Å². The standard InChI is InChI=1S/C16H28O3S/c1-20(17,18)19-15-11-7-5-3-2-4-6-8-12-16-13-9-10-14-16/h16H,3,5-15H2,1H3. The van der Waals surface area contributed by atoms with Gasteiger partial charge in [0.1, 0.15) is 0 Å². The van der Waals surface area contributed by atoms with E-state index >= 15 is 0 Å². The average molecular weight is 300 g/mol. The maximum absolute atomic E-state index is 10.7. The first-order chi connectivity index (χ1) is 9.58. The Labute approximate surface area is 124 Å². The monoisotopic (exact) mass is 300 g/mol. The molecular formula is C16H28O3S. The second-order valence-corrected chi connectivity index (χ2v) is 7.38. The molecule has 0 spiro atoms. The Morgan fingerprint density at radius 3 is 2.30 bits per heavy atom. The van der Waals surface area contributed by atoms with E-state index in [2.05, 4.69) is 16.0 Å². The molecule has 0 radical (unpaired) electrons. The molecule has 0 unspecified atom stereocenters. The molecule has 1 fully saturated rings. The van der Waals surface area contributed by atoms with Gasteiger partial charge in [0, 0.05) is 12.8 Å². The van der Waals surface area contributed by atoms with Crippen LogP contribution in [0.4, 0.5) is 0 Å². The van der Waals surface area contributed by atoms with Crippen LogP contribution in [0.25, 0.3) is 0 Å². The summed E-state index contributed by atoms with van der Waals surface area (Å²) >= 11 is 0. The topological polar surface area (TPSA) is 43.4 Å². The van der Waals surface area contributed by atoms with E-state index < -0.39 is 10.1 Å². The van der Waals surface area contributed by atoms with Crippen LogP contribution in [0.15, 0.2) is 0 Å². The summed E-state index contributed by atoms with van der Waals surface area (Å²) in [5.74, 6) is 7.43. The Kier molecular flexibility index (Phi) is 8.97. The molecule has 0 aliphatic heterocycles. The zero-order valence-corrected chi connectivity index (χ0v) is 13.5. The summed E-state index contributed by atoms with van der Waals surface area (Å²) in [6.07, 6.45) is 14.2. The molecule has 0 aromatic heterocycles. The highest BCUT2D eigenvalue weighted by Crippen LogP contribution is 2.28. The molecule has 0 heterocycles. The Morgan fingerprint density at radius 1 is 1.00 bits per heavy atom. The van der Waals surface area contributed by atoms with Gasteiger partial charge < -0.3 is 0 Å². The molecule has 0 bridgehead atoms. The van der Waals surface area contributed by atoms with Crippen LogP contribution < -0.4 is 0 Å². The third-order valence-corrected chi connectivity index (χ3v) is 4.35. The SMILES string of the molecule is CS(=O)(=O)OCCCCCC#CCCCC1CCCC1. The Balaban J connectivity index is 1.85. The quantitative estimate of drug-likeness (QED) is 0.368. The fraction of sp³-hybridized carbons (Fsp3) is 0.875. The highest BCUT2D eigenvalue weighted by atomic mass is 32.2. The zero-order valence-electron chi connectivity index (χ0n) is 12.7. The van der Waals surface area contributed by atoms with Gasteiger partial charge in [-0.05, 0) is 31.6 Å². The van der Waals surface area contributed by atoms with E-state index in [1.54, 1.807) is 0 Å². The van der Waals surface area contributed by atoms with Crippen LogP contribution in [0.5, 0.6) is 0 Å². The smallest absolute Gasteiger partial charge is 0.264 e. The zero-order chi connectivity index (χ0) is 14.7. The molecule has 0 saturated heterocycles. The molecule has 0 N–H and O–H groups in total. The fourth-order valence-electron chi connectivity index (χ4n) is 2.66. The molecule has 3 nitrogen and oxygen atoms in total. The Morgan fingerprint density at radius 2 is 1.65 bits per heavy atom. The Hall–Kier alpha value is -0.530. The largest absolute Gasteiger partial charge is 0.270 e. The summed E-state index contributed by atoms with van der Waals surface area (Å²) in [5.41, 5.74) is 0. The van der Waals surface area contributed by atoms with E-state index in [1.807, 2.05) is 0 Å². The van der Waals surface area contributed by atoms with Gasteiger partial charge in [-0.15, -0.1) is 11.8 Å². The lowest BCUT2D eigenvalue weighted by Crippen LogP contribution is -2.03. The van der Waals surface area contributed by atoms with E-state index in [-0.39, 0.29) is 0 Å². The molecule has 1 saturated carbocycles. The molecule has 116 valence electrons. The average Bonchev–Trinajstić information content (AvgIpc) is 2.87. The summed E-state index contributed by atoms with van der Waals surface area (Å²) in [6.45, 7) is 0.299. The van der Waals surface area contributed by atoms with Gasteiger partial charge in [0.2, 0.25) is 0 Å². The summed E-state index contributed by atoms with van der Waals surface area (Å²) in [4.78, 5) is 0. The van der Waals surface area contributed by atoms with Crippen molar-refractivity contribution in [2.24, 2.45) is 5.92 Å². The summed E-state index contributed by atoms with van der Waals surface area (Å²) in [5, 5.41) is 0. The lowest BCUT2D eigenvalue weighted by molar-refractivity contribution is 0.311. The van der Waals surface area contributed by atoms with Crippen molar-refractivity contribution in [1.29, 1.82) is 0 Å². The number of rotatable bonds is 9. The molecule has 1 rings (SSSR count). The first kappa shape index (κ1) is 17.5. The van der Waals surface area contributed by atoms with Crippen molar-refractivity contribution in [3.8, 4) is 11.8 Å². The maximum atomic E-state index is 10.7. The van der Waals surface area contributed by atoms with Crippen LogP contribution in [0.2, 0.25) is 0 Å². The van der Waals surface area contributed by atoms with Gasteiger partial charge in [0.15, 0.2) is 0 Å². The normalized spacial score (nSPS) is 16.1. The van der Waals surface area contributed by atoms with Crippen LogP contribution in [0.3, 0.4) is 0 Å². The molecule has 0 atom stereocenters. The molecular weight excluding hydrogens is 272 g/mol. The van der Waals surface area contributed by atoms with Crippen LogP contribution in [-0.4, -0.2) is 21.3 Å². The van der Waals surface area contributed by atoms with Crippen LogP contribution in [0, 0.1) is 17.8 Å². The summed E-state index contributed by atoms with van der Waals surface area (Å²) < 4.78 is 26.1. The predicted molar refractivity (Wildman–Crippen MR) is 82.8 cm³/mol. The van der Waals surface area contributed by atoms with Crippen molar-refractivity contribution in [1.82, 2.24) is 0 Å². The lowest BCUT2D eigenvalue weighted by Gasteiger charge is -2.05. The molecule has 1 aliphatic rings. The van der Waals surface area contributed by atoms with Crippen molar-refractivity contribution < 1.29 is 12.6 Å². The molecule has 0 aromatic rings. The minimum Gasteiger partial charge on any atom is -0.270 e. The maximum Gasteiger partial charge on any atom is 0.264 e. The minimum atomic E-state index is -3.27. The van der Waals surface area contributed by atoms with Gasteiger partial charge >= 0.3 is 0 Å². The van der Waals surface area contributed by atoms with Gasteiger partial charge in [0.25, 0.3) is 10.1 Å². The third-order valence-electron chi connectivity index (χ3n) is 3.76. The molecule has 1 aliphatic carbocycles. The first-order valence-corrected chi connectivity index (χ1v) is 9.70. The van der Waals surface area contributed by atoms with Gasteiger partial charge in [-0.1, -0.05) is 32.1 Å². The molecule has 20 heavy (non-hydrogen) atoms. The van der Waals surface area contributed by atoms with Crippen molar-refractivity contribution in [2.75, 3.05) is 12.9 Å². The van der Waals surface area contributed by atoms with E-state index in [9.17, 15) is 8.42 Å². The Bertz CT molecular complexity index is 397. The van der Waals surface area contributed by atoms with Crippen molar-refractivity contribution in [2.45, 2.75) is 70.6 Å². The number of hydrogen-bond donors (Lipinski definition) is 0. The summed E-state index contributed by atoms with van der Waals surface area (Å²) in [6, 6.07) is 0. The van der Waals surface area contributed by atoms with E-state index in [1.165, 1.54) is 38.5 Å².